The van der Waals surface area contributed by atoms with E-state index in [0.29, 0.717) is 0 Å². The largest absolute Gasteiger partial charge is 0.394 e. The second-order valence-corrected chi connectivity index (χ2v) is 2.83. The van der Waals surface area contributed by atoms with Crippen LogP contribution in [0.3, 0.4) is 0 Å². The van der Waals surface area contributed by atoms with Gasteiger partial charge in [-0.3, -0.25) is 14.5 Å². The van der Waals surface area contributed by atoms with Crippen LogP contribution in [-0.2, 0) is 23.8 Å². The third-order valence-electron chi connectivity index (χ3n) is 1.11. The van der Waals surface area contributed by atoms with Crippen molar-refractivity contribution < 1.29 is 23.8 Å². The molecular weight excluding hydrogens is 202 g/mol. The predicted octanol–water partition coefficient (Wildman–Crippen LogP) is 0.220. The van der Waals surface area contributed by atoms with Crippen LogP contribution in [0.15, 0.2) is 0 Å². The number of esters is 2. The topological polar surface area (TPSA) is 65.1 Å². The summed E-state index contributed by atoms with van der Waals surface area (Å²) in [7, 11) is 6.98. The summed E-state index contributed by atoms with van der Waals surface area (Å²) in [6, 6.07) is 0. The molecule has 0 heterocycles. The summed E-state index contributed by atoms with van der Waals surface area (Å²) in [5.41, 5.74) is 0. The number of carbonyl (C=O) groups is 2. The first-order valence-electron chi connectivity index (χ1n) is 4.26. The Bertz CT molecular complexity index is 177. The zero-order valence-electron chi connectivity index (χ0n) is 10.1. The van der Waals surface area contributed by atoms with E-state index in [1.807, 2.05) is 19.0 Å². The number of methoxy groups -OCH3 is 2. The van der Waals surface area contributed by atoms with Crippen LogP contribution >= 0.6 is 0 Å². The highest BCUT2D eigenvalue weighted by molar-refractivity contribution is 5.82. The summed E-state index contributed by atoms with van der Waals surface area (Å²) in [5.74, 6) is -1.12. The standard InChI is InChI=1S/C5H13NO2.C4H6O3/c1-6(2)5(7-3)8-4;1-3(5)7-4(2)6/h5H,1-4H3;1-2H3. The van der Waals surface area contributed by atoms with E-state index in [1.54, 1.807) is 14.2 Å². The summed E-state index contributed by atoms with van der Waals surface area (Å²) >= 11 is 0. The van der Waals surface area contributed by atoms with Crippen LogP contribution in [0.4, 0.5) is 0 Å². The number of carbonyl (C=O) groups excluding carboxylic acids is 2. The Labute approximate surface area is 90.1 Å². The Hall–Kier alpha value is -0.980. The van der Waals surface area contributed by atoms with E-state index in [2.05, 4.69) is 4.74 Å². The van der Waals surface area contributed by atoms with Gasteiger partial charge in [0, 0.05) is 28.1 Å². The Morgan fingerprint density at radius 2 is 1.33 bits per heavy atom. The van der Waals surface area contributed by atoms with Crippen molar-refractivity contribution in [2.24, 2.45) is 0 Å². The average molecular weight is 221 g/mol. The normalized spacial score (nSPS) is 9.60. The lowest BCUT2D eigenvalue weighted by Crippen LogP contribution is -2.30. The number of rotatable bonds is 3. The first-order chi connectivity index (χ1) is 6.84. The van der Waals surface area contributed by atoms with Gasteiger partial charge in [-0.15, -0.1) is 0 Å². The van der Waals surface area contributed by atoms with Crippen molar-refractivity contribution in [2.45, 2.75) is 20.3 Å². The zero-order chi connectivity index (χ0) is 12.4. The Balaban J connectivity index is 0. The van der Waals surface area contributed by atoms with Gasteiger partial charge in [-0.05, 0) is 14.1 Å². The van der Waals surface area contributed by atoms with E-state index in [0.717, 1.165) is 0 Å². The molecule has 0 saturated heterocycles. The van der Waals surface area contributed by atoms with Gasteiger partial charge in [0.25, 0.3) is 0 Å². The minimum absolute atomic E-state index is 0.213. The molecule has 0 rings (SSSR count). The number of hydrogen-bond donors (Lipinski definition) is 0. The summed E-state index contributed by atoms with van der Waals surface area (Å²) in [5, 5.41) is 0. The van der Waals surface area contributed by atoms with Crippen LogP contribution < -0.4 is 0 Å². The van der Waals surface area contributed by atoms with Crippen molar-refractivity contribution in [3.8, 4) is 0 Å². The Kier molecular flexibility index (Phi) is 10.5. The summed E-state index contributed by atoms with van der Waals surface area (Å²) in [6.45, 7) is 2.36. The van der Waals surface area contributed by atoms with E-state index in [9.17, 15) is 9.59 Å². The van der Waals surface area contributed by atoms with E-state index in [1.165, 1.54) is 13.8 Å². The lowest BCUT2D eigenvalue weighted by atomic mass is 10.7. The molecule has 15 heavy (non-hydrogen) atoms. The monoisotopic (exact) mass is 221 g/mol. The molecule has 6 heteroatoms. The van der Waals surface area contributed by atoms with Crippen molar-refractivity contribution in [1.82, 2.24) is 4.90 Å². The fraction of sp³-hybridized carbons (Fsp3) is 0.778. The van der Waals surface area contributed by atoms with E-state index >= 15 is 0 Å². The van der Waals surface area contributed by atoms with E-state index in [4.69, 9.17) is 9.47 Å². The van der Waals surface area contributed by atoms with Crippen molar-refractivity contribution >= 4 is 11.9 Å². The number of nitrogens with zero attached hydrogens (tertiary/aromatic N) is 1. The van der Waals surface area contributed by atoms with Crippen LogP contribution in [0.2, 0.25) is 0 Å². The van der Waals surface area contributed by atoms with Crippen molar-refractivity contribution in [3.05, 3.63) is 0 Å². The molecule has 0 saturated carbocycles. The highest BCUT2D eigenvalue weighted by Crippen LogP contribution is 1.91. The fourth-order valence-corrected chi connectivity index (χ4v) is 0.720. The van der Waals surface area contributed by atoms with Crippen molar-refractivity contribution in [2.75, 3.05) is 28.3 Å². The molecule has 0 amide bonds. The summed E-state index contributed by atoms with van der Waals surface area (Å²) < 4.78 is 13.7. The van der Waals surface area contributed by atoms with Crippen molar-refractivity contribution in [1.29, 1.82) is 0 Å². The molecule has 0 aliphatic carbocycles. The van der Waals surface area contributed by atoms with Crippen molar-refractivity contribution in [3.63, 3.8) is 0 Å². The number of ether oxygens (including phenoxy) is 3. The smallest absolute Gasteiger partial charge is 0.310 e. The molecule has 0 radical (unpaired) electrons. The van der Waals surface area contributed by atoms with Gasteiger partial charge in [0.15, 0.2) is 0 Å². The zero-order valence-corrected chi connectivity index (χ0v) is 10.1. The first-order valence-corrected chi connectivity index (χ1v) is 4.26. The molecular formula is C9H19NO5. The lowest BCUT2D eigenvalue weighted by molar-refractivity contribution is -0.179. The van der Waals surface area contributed by atoms with Gasteiger partial charge >= 0.3 is 11.9 Å². The third kappa shape index (κ3) is 13.0. The van der Waals surface area contributed by atoms with Crippen LogP contribution in [-0.4, -0.2) is 51.6 Å². The van der Waals surface area contributed by atoms with Gasteiger partial charge in [-0.2, -0.15) is 0 Å². The van der Waals surface area contributed by atoms with Gasteiger partial charge in [-0.25, -0.2) is 0 Å². The van der Waals surface area contributed by atoms with Crippen LogP contribution in [0.25, 0.3) is 0 Å². The number of hydrogen-bond acceptors (Lipinski definition) is 6. The Morgan fingerprint density at radius 1 is 1.00 bits per heavy atom. The maximum Gasteiger partial charge on any atom is 0.310 e. The van der Waals surface area contributed by atoms with Gasteiger partial charge in [0.2, 0.25) is 6.41 Å². The highest BCUT2D eigenvalue weighted by atomic mass is 16.7. The quantitative estimate of drug-likeness (QED) is 0.386. The average Bonchev–Trinajstić information content (AvgIpc) is 2.03. The molecule has 6 nitrogen and oxygen atoms in total. The minimum Gasteiger partial charge on any atom is -0.394 e. The Morgan fingerprint density at radius 3 is 1.33 bits per heavy atom. The maximum absolute atomic E-state index is 9.81. The van der Waals surface area contributed by atoms with E-state index < -0.39 is 11.9 Å². The molecule has 90 valence electrons. The lowest BCUT2D eigenvalue weighted by Gasteiger charge is -2.19. The highest BCUT2D eigenvalue weighted by Gasteiger charge is 2.04. The van der Waals surface area contributed by atoms with Gasteiger partial charge < -0.3 is 14.2 Å². The molecule has 0 aliphatic heterocycles. The van der Waals surface area contributed by atoms with Gasteiger partial charge in [0.1, 0.15) is 0 Å². The molecule has 0 aromatic carbocycles. The minimum atomic E-state index is -0.562. The molecule has 0 N–H and O–H groups in total. The summed E-state index contributed by atoms with van der Waals surface area (Å²) in [6.07, 6.45) is -0.213. The first kappa shape index (κ1) is 16.4. The van der Waals surface area contributed by atoms with Gasteiger partial charge in [0.05, 0.1) is 0 Å². The van der Waals surface area contributed by atoms with Crippen LogP contribution in [0.5, 0.6) is 0 Å². The molecule has 0 unspecified atom stereocenters. The molecule has 0 aliphatic rings. The van der Waals surface area contributed by atoms with Gasteiger partial charge in [-0.1, -0.05) is 0 Å². The van der Waals surface area contributed by atoms with E-state index in [-0.39, 0.29) is 6.41 Å². The SMILES string of the molecule is CC(=O)OC(C)=O.COC(OC)N(C)C. The molecule has 0 fully saturated rings. The molecule has 0 atom stereocenters. The molecule has 0 aromatic heterocycles. The second-order valence-electron chi connectivity index (χ2n) is 2.83. The fourth-order valence-electron chi connectivity index (χ4n) is 0.720. The molecule has 0 bridgehead atoms. The molecule has 0 spiro atoms. The molecule has 0 aromatic rings. The maximum atomic E-state index is 9.81. The second kappa shape index (κ2) is 9.57. The summed E-state index contributed by atoms with van der Waals surface area (Å²) in [4.78, 5) is 21.5. The van der Waals surface area contributed by atoms with Crippen LogP contribution in [0.1, 0.15) is 13.8 Å². The van der Waals surface area contributed by atoms with Crippen LogP contribution in [0, 0.1) is 0 Å². The third-order valence-corrected chi connectivity index (χ3v) is 1.11. The predicted molar refractivity (Wildman–Crippen MR) is 53.9 cm³/mol.